The Morgan fingerprint density at radius 2 is 2.03 bits per heavy atom. The van der Waals surface area contributed by atoms with Crippen LogP contribution in [0, 0.1) is 28.4 Å². The van der Waals surface area contributed by atoms with Crippen LogP contribution >= 0.6 is 15.9 Å². The van der Waals surface area contributed by atoms with Gasteiger partial charge in [0.15, 0.2) is 0 Å². The summed E-state index contributed by atoms with van der Waals surface area (Å²) < 4.78 is 6.49. The van der Waals surface area contributed by atoms with E-state index in [1.54, 1.807) is 36.4 Å². The third kappa shape index (κ3) is 4.78. The van der Waals surface area contributed by atoms with Crippen molar-refractivity contribution in [3.8, 4) is 17.4 Å². The molecular formula is C21H14BrN3O4. The van der Waals surface area contributed by atoms with Crippen molar-refractivity contribution in [3.63, 3.8) is 0 Å². The van der Waals surface area contributed by atoms with Crippen molar-refractivity contribution in [2.75, 3.05) is 5.32 Å². The van der Waals surface area contributed by atoms with Gasteiger partial charge in [-0.1, -0.05) is 28.1 Å². The van der Waals surface area contributed by atoms with Crippen LogP contribution in [0.4, 0.5) is 11.4 Å². The minimum absolute atomic E-state index is 0.0507. The Morgan fingerprint density at radius 3 is 2.72 bits per heavy atom. The maximum absolute atomic E-state index is 12.4. The SMILES string of the molecule is Cc1ccc([N+](=O)[O-])cc1-c1ccc(C=C(C#N)C(=O)Nc2cccc(Br)c2)o1. The third-order valence-electron chi connectivity index (χ3n) is 4.06. The molecule has 1 aromatic heterocycles. The number of non-ortho nitro benzene ring substituents is 1. The summed E-state index contributed by atoms with van der Waals surface area (Å²) in [6.45, 7) is 1.81. The molecule has 3 rings (SSSR count). The topological polar surface area (TPSA) is 109 Å². The summed E-state index contributed by atoms with van der Waals surface area (Å²) in [5.41, 5.74) is 1.72. The summed E-state index contributed by atoms with van der Waals surface area (Å²) in [6.07, 6.45) is 1.32. The van der Waals surface area contributed by atoms with E-state index in [4.69, 9.17) is 4.42 Å². The molecule has 1 amide bonds. The van der Waals surface area contributed by atoms with Crippen molar-refractivity contribution in [2.24, 2.45) is 0 Å². The van der Waals surface area contributed by atoms with E-state index in [-0.39, 0.29) is 17.0 Å². The molecule has 2 aromatic carbocycles. The number of aryl methyl sites for hydroxylation is 1. The predicted molar refractivity (Wildman–Crippen MR) is 112 cm³/mol. The molecule has 1 heterocycles. The molecule has 1 N–H and O–H groups in total. The summed E-state index contributed by atoms with van der Waals surface area (Å²) in [5.74, 6) is 0.115. The van der Waals surface area contributed by atoms with E-state index in [0.29, 0.717) is 17.0 Å². The Morgan fingerprint density at radius 1 is 1.24 bits per heavy atom. The van der Waals surface area contributed by atoms with Crippen LogP contribution in [0.5, 0.6) is 0 Å². The largest absolute Gasteiger partial charge is 0.457 e. The van der Waals surface area contributed by atoms with Gasteiger partial charge in [-0.05, 0) is 42.8 Å². The first-order valence-electron chi connectivity index (χ1n) is 8.41. The number of halogens is 1. The fraction of sp³-hybridized carbons (Fsp3) is 0.0476. The van der Waals surface area contributed by atoms with Gasteiger partial charge in [-0.2, -0.15) is 5.26 Å². The Hall–Kier alpha value is -3.70. The minimum atomic E-state index is -0.574. The zero-order chi connectivity index (χ0) is 21.0. The molecule has 0 unspecified atom stereocenters. The molecule has 144 valence electrons. The average Bonchev–Trinajstić information content (AvgIpc) is 3.14. The van der Waals surface area contributed by atoms with Crippen LogP contribution in [-0.2, 0) is 4.79 Å². The molecule has 0 fully saturated rings. The van der Waals surface area contributed by atoms with Gasteiger partial charge in [-0.3, -0.25) is 14.9 Å². The quantitative estimate of drug-likeness (QED) is 0.239. The second kappa shape index (κ2) is 8.54. The summed E-state index contributed by atoms with van der Waals surface area (Å²) in [6, 6.07) is 16.6. The van der Waals surface area contributed by atoms with Crippen molar-refractivity contribution >= 4 is 39.3 Å². The summed E-state index contributed by atoms with van der Waals surface area (Å²) in [4.78, 5) is 22.9. The lowest BCUT2D eigenvalue weighted by Crippen LogP contribution is -2.13. The second-order valence-corrected chi connectivity index (χ2v) is 7.01. The van der Waals surface area contributed by atoms with E-state index < -0.39 is 10.8 Å². The van der Waals surface area contributed by atoms with Crippen molar-refractivity contribution in [1.29, 1.82) is 5.26 Å². The van der Waals surface area contributed by atoms with E-state index in [2.05, 4.69) is 21.2 Å². The van der Waals surface area contributed by atoms with Gasteiger partial charge in [0.05, 0.1) is 4.92 Å². The highest BCUT2D eigenvalue weighted by molar-refractivity contribution is 9.10. The normalized spacial score (nSPS) is 11.0. The van der Waals surface area contributed by atoms with Gasteiger partial charge >= 0.3 is 0 Å². The number of anilines is 1. The van der Waals surface area contributed by atoms with Crippen molar-refractivity contribution in [3.05, 3.63) is 86.1 Å². The number of furan rings is 1. The fourth-order valence-corrected chi connectivity index (χ4v) is 3.02. The first kappa shape index (κ1) is 20.0. The molecule has 29 heavy (non-hydrogen) atoms. The third-order valence-corrected chi connectivity index (χ3v) is 4.55. The van der Waals surface area contributed by atoms with Crippen LogP contribution in [0.2, 0.25) is 0 Å². The van der Waals surface area contributed by atoms with Crippen LogP contribution in [0.3, 0.4) is 0 Å². The smallest absolute Gasteiger partial charge is 0.270 e. The van der Waals surface area contributed by atoms with E-state index in [1.807, 2.05) is 19.1 Å². The fourth-order valence-electron chi connectivity index (χ4n) is 2.62. The van der Waals surface area contributed by atoms with E-state index >= 15 is 0 Å². The number of carbonyl (C=O) groups excluding carboxylic acids is 1. The molecular weight excluding hydrogens is 438 g/mol. The highest BCUT2D eigenvalue weighted by Gasteiger charge is 2.15. The zero-order valence-corrected chi connectivity index (χ0v) is 16.8. The predicted octanol–water partition coefficient (Wildman–Crippen LogP) is 5.47. The summed E-state index contributed by atoms with van der Waals surface area (Å²) in [7, 11) is 0. The van der Waals surface area contributed by atoms with Gasteiger partial charge in [-0.25, -0.2) is 0 Å². The van der Waals surface area contributed by atoms with Crippen LogP contribution in [-0.4, -0.2) is 10.8 Å². The summed E-state index contributed by atoms with van der Waals surface area (Å²) in [5, 5.41) is 23.0. The monoisotopic (exact) mass is 451 g/mol. The molecule has 7 nitrogen and oxygen atoms in total. The summed E-state index contributed by atoms with van der Waals surface area (Å²) >= 11 is 3.32. The van der Waals surface area contributed by atoms with Crippen LogP contribution in [0.1, 0.15) is 11.3 Å². The van der Waals surface area contributed by atoms with E-state index in [1.165, 1.54) is 18.2 Å². The number of amides is 1. The van der Waals surface area contributed by atoms with Gasteiger partial charge in [0.25, 0.3) is 11.6 Å². The van der Waals surface area contributed by atoms with Crippen LogP contribution < -0.4 is 5.32 Å². The van der Waals surface area contributed by atoms with E-state index in [9.17, 15) is 20.2 Å². The molecule has 0 aliphatic carbocycles. The average molecular weight is 452 g/mol. The highest BCUT2D eigenvalue weighted by Crippen LogP contribution is 2.30. The van der Waals surface area contributed by atoms with Crippen LogP contribution in [0.25, 0.3) is 17.4 Å². The van der Waals surface area contributed by atoms with Crippen molar-refractivity contribution < 1.29 is 14.1 Å². The van der Waals surface area contributed by atoms with Crippen molar-refractivity contribution in [1.82, 2.24) is 0 Å². The number of nitrogens with one attached hydrogen (secondary N) is 1. The molecule has 0 spiro atoms. The molecule has 0 bridgehead atoms. The van der Waals surface area contributed by atoms with Gasteiger partial charge in [0.1, 0.15) is 23.2 Å². The minimum Gasteiger partial charge on any atom is -0.457 e. The van der Waals surface area contributed by atoms with Gasteiger partial charge in [-0.15, -0.1) is 0 Å². The number of nitriles is 1. The Kier molecular flexibility index (Phi) is 5.90. The lowest BCUT2D eigenvalue weighted by Gasteiger charge is -2.04. The molecule has 0 radical (unpaired) electrons. The number of hydrogen-bond donors (Lipinski definition) is 1. The molecule has 0 saturated carbocycles. The number of nitro groups is 1. The van der Waals surface area contributed by atoms with Crippen LogP contribution in [0.15, 0.2) is 69.1 Å². The second-order valence-electron chi connectivity index (χ2n) is 6.09. The number of nitro benzene ring substituents is 1. The Labute approximate surface area is 174 Å². The van der Waals surface area contributed by atoms with Gasteiger partial charge in [0, 0.05) is 33.9 Å². The molecule has 0 atom stereocenters. The highest BCUT2D eigenvalue weighted by atomic mass is 79.9. The molecule has 3 aromatic rings. The first-order chi connectivity index (χ1) is 13.9. The van der Waals surface area contributed by atoms with Crippen molar-refractivity contribution in [2.45, 2.75) is 6.92 Å². The van der Waals surface area contributed by atoms with Gasteiger partial charge < -0.3 is 9.73 Å². The first-order valence-corrected chi connectivity index (χ1v) is 9.20. The lowest BCUT2D eigenvalue weighted by atomic mass is 10.1. The number of carbonyl (C=O) groups is 1. The van der Waals surface area contributed by atoms with E-state index in [0.717, 1.165) is 10.0 Å². The maximum atomic E-state index is 12.4. The zero-order valence-electron chi connectivity index (χ0n) is 15.2. The number of rotatable bonds is 5. The Bertz CT molecular complexity index is 1170. The molecule has 0 saturated heterocycles. The molecule has 0 aliphatic heterocycles. The Balaban J connectivity index is 1.86. The van der Waals surface area contributed by atoms with Gasteiger partial charge in [0.2, 0.25) is 0 Å². The maximum Gasteiger partial charge on any atom is 0.270 e. The number of hydrogen-bond acceptors (Lipinski definition) is 5. The molecule has 8 heteroatoms. The number of nitrogens with zero attached hydrogens (tertiary/aromatic N) is 2. The standard InChI is InChI=1S/C21H14BrN3O4/c1-13-5-6-17(25(27)28)11-19(13)20-8-7-18(29-20)9-14(12-23)21(26)24-16-4-2-3-15(22)10-16/h2-11H,1H3,(H,24,26). The molecule has 0 aliphatic rings. The lowest BCUT2D eigenvalue weighted by molar-refractivity contribution is -0.384. The number of benzene rings is 2.